The highest BCUT2D eigenvalue weighted by Gasteiger charge is 2.26. The summed E-state index contributed by atoms with van der Waals surface area (Å²) < 4.78 is 5.51. The molecule has 0 radical (unpaired) electrons. The van der Waals surface area contributed by atoms with Crippen LogP contribution in [0.3, 0.4) is 0 Å². The molecule has 104 valence electrons. The molecule has 1 aliphatic rings. The van der Waals surface area contributed by atoms with Gasteiger partial charge in [0.05, 0.1) is 5.69 Å². The molecule has 0 spiro atoms. The average molecular weight is 262 g/mol. The largest absolute Gasteiger partial charge is 0.482 e. The standard InChI is InChI=1S/C15H22N2O2/c1-11-7-8-17(12(2)9-11)15(18)10-19-14-6-4-3-5-13(14)16/h3-6,11-12H,7-10,16H2,1-2H3. The van der Waals surface area contributed by atoms with Crippen molar-refractivity contribution < 1.29 is 9.53 Å². The number of carbonyl (C=O) groups excluding carboxylic acids is 1. The second-order valence-corrected chi connectivity index (χ2v) is 5.39. The molecule has 0 aliphatic carbocycles. The Labute approximate surface area is 114 Å². The van der Waals surface area contributed by atoms with Gasteiger partial charge in [0.2, 0.25) is 0 Å². The van der Waals surface area contributed by atoms with Gasteiger partial charge in [-0.25, -0.2) is 0 Å². The topological polar surface area (TPSA) is 55.6 Å². The Morgan fingerprint density at radius 2 is 2.16 bits per heavy atom. The van der Waals surface area contributed by atoms with Crippen LogP contribution in [0.15, 0.2) is 24.3 Å². The summed E-state index contributed by atoms with van der Waals surface area (Å²) in [6.45, 7) is 5.23. The number of carbonyl (C=O) groups is 1. The second-order valence-electron chi connectivity index (χ2n) is 5.39. The molecule has 1 aliphatic heterocycles. The average Bonchev–Trinajstić information content (AvgIpc) is 2.37. The minimum absolute atomic E-state index is 0.0441. The molecule has 0 bridgehead atoms. The molecule has 1 aromatic rings. The molecule has 4 heteroatoms. The van der Waals surface area contributed by atoms with Gasteiger partial charge in [-0.05, 0) is 37.8 Å². The van der Waals surface area contributed by atoms with Crippen molar-refractivity contribution in [2.75, 3.05) is 18.9 Å². The number of hydrogen-bond acceptors (Lipinski definition) is 3. The van der Waals surface area contributed by atoms with Gasteiger partial charge in [0, 0.05) is 12.6 Å². The molecule has 2 unspecified atom stereocenters. The third-order valence-electron chi connectivity index (χ3n) is 3.73. The zero-order valence-corrected chi connectivity index (χ0v) is 11.6. The van der Waals surface area contributed by atoms with E-state index in [0.29, 0.717) is 23.4 Å². The highest BCUT2D eigenvalue weighted by molar-refractivity contribution is 5.78. The molecule has 1 saturated heterocycles. The van der Waals surface area contributed by atoms with Crippen LogP contribution in [0.2, 0.25) is 0 Å². The van der Waals surface area contributed by atoms with Crippen molar-refractivity contribution >= 4 is 11.6 Å². The fraction of sp³-hybridized carbons (Fsp3) is 0.533. The van der Waals surface area contributed by atoms with E-state index in [0.717, 1.165) is 19.4 Å². The number of nitrogen functional groups attached to an aromatic ring is 1. The number of para-hydroxylation sites is 2. The van der Waals surface area contributed by atoms with Gasteiger partial charge in [-0.2, -0.15) is 0 Å². The maximum atomic E-state index is 12.2. The summed E-state index contributed by atoms with van der Waals surface area (Å²) in [7, 11) is 0. The maximum Gasteiger partial charge on any atom is 0.260 e. The Kier molecular flexibility index (Phi) is 4.30. The lowest BCUT2D eigenvalue weighted by atomic mass is 9.93. The van der Waals surface area contributed by atoms with Crippen molar-refractivity contribution in [3.63, 3.8) is 0 Å². The van der Waals surface area contributed by atoms with E-state index in [1.165, 1.54) is 0 Å². The van der Waals surface area contributed by atoms with Gasteiger partial charge < -0.3 is 15.4 Å². The van der Waals surface area contributed by atoms with Crippen LogP contribution >= 0.6 is 0 Å². The first-order valence-corrected chi connectivity index (χ1v) is 6.84. The Morgan fingerprint density at radius 3 is 2.84 bits per heavy atom. The van der Waals surface area contributed by atoms with Crippen LogP contribution in [0.4, 0.5) is 5.69 Å². The highest BCUT2D eigenvalue weighted by atomic mass is 16.5. The van der Waals surface area contributed by atoms with Crippen molar-refractivity contribution in [1.82, 2.24) is 4.90 Å². The minimum Gasteiger partial charge on any atom is -0.482 e. The van der Waals surface area contributed by atoms with Gasteiger partial charge in [0.25, 0.3) is 5.91 Å². The SMILES string of the molecule is CC1CCN(C(=O)COc2ccccc2N)C(C)C1. The molecule has 1 fully saturated rings. The number of hydrogen-bond donors (Lipinski definition) is 1. The van der Waals surface area contributed by atoms with Gasteiger partial charge in [-0.3, -0.25) is 4.79 Å². The van der Waals surface area contributed by atoms with E-state index in [-0.39, 0.29) is 12.5 Å². The van der Waals surface area contributed by atoms with E-state index in [4.69, 9.17) is 10.5 Å². The molecule has 1 amide bonds. The van der Waals surface area contributed by atoms with E-state index in [1.807, 2.05) is 17.0 Å². The molecule has 1 heterocycles. The fourth-order valence-corrected chi connectivity index (χ4v) is 2.61. The summed E-state index contributed by atoms with van der Waals surface area (Å²) in [6, 6.07) is 7.54. The summed E-state index contributed by atoms with van der Waals surface area (Å²) in [4.78, 5) is 14.1. The molecular weight excluding hydrogens is 240 g/mol. The van der Waals surface area contributed by atoms with E-state index >= 15 is 0 Å². The summed E-state index contributed by atoms with van der Waals surface area (Å²) in [5.74, 6) is 1.32. The van der Waals surface area contributed by atoms with E-state index in [9.17, 15) is 4.79 Å². The number of likely N-dealkylation sites (tertiary alicyclic amines) is 1. The van der Waals surface area contributed by atoms with Crippen LogP contribution in [0.5, 0.6) is 5.75 Å². The number of rotatable bonds is 3. The summed E-state index contributed by atoms with van der Waals surface area (Å²) in [6.07, 6.45) is 2.14. The van der Waals surface area contributed by atoms with Crippen LogP contribution < -0.4 is 10.5 Å². The molecule has 1 aromatic carbocycles. The quantitative estimate of drug-likeness (QED) is 0.850. The van der Waals surface area contributed by atoms with Gasteiger partial charge >= 0.3 is 0 Å². The number of amides is 1. The predicted octanol–water partition coefficient (Wildman–Crippen LogP) is 2.29. The van der Waals surface area contributed by atoms with Gasteiger partial charge in [-0.1, -0.05) is 19.1 Å². The van der Waals surface area contributed by atoms with Crippen LogP contribution in [0.25, 0.3) is 0 Å². The van der Waals surface area contributed by atoms with Crippen molar-refractivity contribution in [3.8, 4) is 5.75 Å². The molecular formula is C15H22N2O2. The third kappa shape index (κ3) is 3.40. The monoisotopic (exact) mass is 262 g/mol. The van der Waals surface area contributed by atoms with Crippen molar-refractivity contribution in [3.05, 3.63) is 24.3 Å². The second kappa shape index (κ2) is 5.95. The Balaban J connectivity index is 1.89. The van der Waals surface area contributed by atoms with Gasteiger partial charge in [-0.15, -0.1) is 0 Å². The van der Waals surface area contributed by atoms with E-state index in [1.54, 1.807) is 12.1 Å². The number of piperidine rings is 1. The molecule has 19 heavy (non-hydrogen) atoms. The predicted molar refractivity (Wildman–Crippen MR) is 75.9 cm³/mol. The first-order chi connectivity index (χ1) is 9.08. The zero-order valence-electron chi connectivity index (χ0n) is 11.6. The zero-order chi connectivity index (χ0) is 13.8. The van der Waals surface area contributed by atoms with E-state index < -0.39 is 0 Å². The first-order valence-electron chi connectivity index (χ1n) is 6.84. The normalized spacial score (nSPS) is 23.2. The molecule has 0 aromatic heterocycles. The fourth-order valence-electron chi connectivity index (χ4n) is 2.61. The van der Waals surface area contributed by atoms with Crippen molar-refractivity contribution in [2.45, 2.75) is 32.7 Å². The lowest BCUT2D eigenvalue weighted by Gasteiger charge is -2.36. The smallest absolute Gasteiger partial charge is 0.260 e. The van der Waals surface area contributed by atoms with Crippen LogP contribution in [0, 0.1) is 5.92 Å². The van der Waals surface area contributed by atoms with Crippen LogP contribution in [0.1, 0.15) is 26.7 Å². The number of anilines is 1. The summed E-state index contributed by atoms with van der Waals surface area (Å²) in [5.41, 5.74) is 6.35. The number of ether oxygens (including phenoxy) is 1. The van der Waals surface area contributed by atoms with Crippen molar-refractivity contribution in [2.24, 2.45) is 5.92 Å². The Morgan fingerprint density at radius 1 is 1.42 bits per heavy atom. The third-order valence-corrected chi connectivity index (χ3v) is 3.73. The van der Waals surface area contributed by atoms with Crippen LogP contribution in [-0.4, -0.2) is 30.0 Å². The maximum absolute atomic E-state index is 12.2. The lowest BCUT2D eigenvalue weighted by molar-refractivity contribution is -0.137. The molecule has 0 saturated carbocycles. The lowest BCUT2D eigenvalue weighted by Crippen LogP contribution is -2.46. The highest BCUT2D eigenvalue weighted by Crippen LogP contribution is 2.23. The number of benzene rings is 1. The molecule has 2 N–H and O–H groups in total. The summed E-state index contributed by atoms with van der Waals surface area (Å²) >= 11 is 0. The Hall–Kier alpha value is -1.71. The Bertz CT molecular complexity index is 448. The number of nitrogens with zero attached hydrogens (tertiary/aromatic N) is 1. The van der Waals surface area contributed by atoms with Gasteiger partial charge in [0.1, 0.15) is 5.75 Å². The first kappa shape index (κ1) is 13.7. The van der Waals surface area contributed by atoms with E-state index in [2.05, 4.69) is 13.8 Å². The molecule has 4 nitrogen and oxygen atoms in total. The molecule has 2 atom stereocenters. The molecule has 2 rings (SSSR count). The number of nitrogens with two attached hydrogens (primary N) is 1. The van der Waals surface area contributed by atoms with Crippen molar-refractivity contribution in [1.29, 1.82) is 0 Å². The summed E-state index contributed by atoms with van der Waals surface area (Å²) in [5, 5.41) is 0. The van der Waals surface area contributed by atoms with Gasteiger partial charge in [0.15, 0.2) is 6.61 Å². The van der Waals surface area contributed by atoms with Crippen LogP contribution in [-0.2, 0) is 4.79 Å². The minimum atomic E-state index is 0.0441.